The van der Waals surface area contributed by atoms with Crippen LogP contribution in [-0.4, -0.2) is 54.8 Å². The molecule has 0 fully saturated rings. The number of hydrogen-bond donors (Lipinski definition) is 0. The van der Waals surface area contributed by atoms with Gasteiger partial charge in [0.25, 0.3) is 0 Å². The first-order chi connectivity index (χ1) is 59.6. The first kappa shape index (κ1) is 73.8. The van der Waals surface area contributed by atoms with E-state index in [9.17, 15) is 0 Å². The molecule has 0 bridgehead atoms. The number of hydrogen-bond acceptors (Lipinski definition) is 11. The minimum Gasteiger partial charge on any atom is -0.251 e. The molecule has 0 aliphatic carbocycles. The van der Waals surface area contributed by atoms with Crippen LogP contribution in [0, 0.1) is 20.8 Å². The first-order valence-corrected chi connectivity index (χ1v) is 40.5. The summed E-state index contributed by atoms with van der Waals surface area (Å²) in [5.41, 5.74) is 30.0. The van der Waals surface area contributed by atoms with Crippen LogP contribution in [0.5, 0.6) is 0 Å². The van der Waals surface area contributed by atoms with E-state index in [2.05, 4.69) is 267 Å². The molecule has 121 heavy (non-hydrogen) atoms. The summed E-state index contributed by atoms with van der Waals surface area (Å²) in [6.07, 6.45) is 0. The molecule has 22 rings (SSSR count). The lowest BCUT2D eigenvalue weighted by Gasteiger charge is -2.14. The molecule has 9 aromatic heterocycles. The van der Waals surface area contributed by atoms with Gasteiger partial charge in [0.15, 0.2) is 11.6 Å². The molecule has 22 aromatic rings. The van der Waals surface area contributed by atoms with Crippen LogP contribution in [0.1, 0.15) is 17.1 Å². The molecule has 570 valence electrons. The largest absolute Gasteiger partial charge is 0.251 e. The van der Waals surface area contributed by atoms with Crippen LogP contribution >= 0.6 is 0 Å². The Morgan fingerprint density at radius 3 is 0.851 bits per heavy atom. The zero-order valence-corrected chi connectivity index (χ0v) is 66.5. The molecule has 0 amide bonds. The van der Waals surface area contributed by atoms with E-state index in [1.54, 1.807) is 0 Å². The predicted octanol–water partition coefficient (Wildman–Crippen LogP) is 27.4. The Hall–Kier alpha value is -16.1. The minimum atomic E-state index is 0.671. The maximum Gasteiger partial charge on any atom is 0.161 e. The van der Waals surface area contributed by atoms with Gasteiger partial charge in [-0.3, -0.25) is 15.0 Å². The van der Waals surface area contributed by atoms with Crippen LogP contribution in [0.3, 0.4) is 0 Å². The Labute approximate surface area is 700 Å². The van der Waals surface area contributed by atoms with E-state index in [1.165, 1.54) is 10.8 Å². The van der Waals surface area contributed by atoms with Crippen LogP contribution in [0.15, 0.2) is 400 Å². The molecule has 0 radical (unpaired) electrons. The molecule has 0 aliphatic heterocycles. The van der Waals surface area contributed by atoms with Crippen LogP contribution < -0.4 is 0 Å². The van der Waals surface area contributed by atoms with Crippen molar-refractivity contribution in [1.82, 2.24) is 54.8 Å². The van der Waals surface area contributed by atoms with Gasteiger partial charge in [-0.25, -0.2) is 39.9 Å². The minimum absolute atomic E-state index is 0.671. The Bertz CT molecular complexity index is 7170. The summed E-state index contributed by atoms with van der Waals surface area (Å²) >= 11 is 0. The second kappa shape index (κ2) is 32.5. The first-order valence-electron chi connectivity index (χ1n) is 40.5. The Morgan fingerprint density at radius 1 is 0.140 bits per heavy atom. The second-order valence-electron chi connectivity index (χ2n) is 30.2. The van der Waals surface area contributed by atoms with Crippen molar-refractivity contribution in [2.75, 3.05) is 0 Å². The molecule has 0 N–H and O–H groups in total. The maximum absolute atomic E-state index is 5.22. The van der Waals surface area contributed by atoms with E-state index in [0.717, 1.165) is 206 Å². The van der Waals surface area contributed by atoms with E-state index in [0.29, 0.717) is 11.6 Å². The van der Waals surface area contributed by atoms with E-state index < -0.39 is 0 Å². The van der Waals surface area contributed by atoms with Crippen molar-refractivity contribution < 1.29 is 0 Å². The zero-order chi connectivity index (χ0) is 81.1. The summed E-state index contributed by atoms with van der Waals surface area (Å²) in [6.45, 7) is 6.09. The number of rotatable bonds is 12. The molecule has 11 heteroatoms. The maximum atomic E-state index is 5.22. The number of fused-ring (bicyclic) bond motifs is 10. The standard InChI is InChI=1S/C40H27N3.2C35H24N4/c1-26-22-35(38-25-33(27-10-4-2-5-11-27)24-37(42-38)29-13-6-3-7-14-29)34-20-18-30-19-21-36(43-39(30)40(34)41-26)32-17-16-28-12-8-9-15-31(28)23-32;1-23-21-29(28-19-17-26-18-20-30(24-11-5-2-6-12-24)37-33(26)34(28)36-23)32-22-31(25-13-7-3-8-14-25)38-35(39-32)27-15-9-4-10-16-27;1-23-21-29(28-19-17-27-18-20-30(24-11-5-2-6-12-24)37-33(27)34(28)36-23)35-38-31(25-13-7-3-8-14-25)22-32(39-35)26-15-9-4-10-16-26/h2-25H,1H3;2*2-22H,1H3. The normalized spacial score (nSPS) is 11.3. The summed E-state index contributed by atoms with van der Waals surface area (Å²) < 4.78 is 0. The molecular formula is C110H75N11. The van der Waals surface area contributed by atoms with Crippen molar-refractivity contribution in [2.45, 2.75) is 20.8 Å². The lowest BCUT2D eigenvalue weighted by atomic mass is 9.97. The fourth-order valence-corrected chi connectivity index (χ4v) is 16.0. The summed E-state index contributed by atoms with van der Waals surface area (Å²) in [6, 6.07) is 138. The molecule has 11 nitrogen and oxygen atoms in total. The van der Waals surface area contributed by atoms with Crippen LogP contribution in [0.4, 0.5) is 0 Å². The lowest BCUT2D eigenvalue weighted by Crippen LogP contribution is -1.98. The molecule has 0 saturated carbocycles. The monoisotopic (exact) mass is 1550 g/mol. The molecule has 0 atom stereocenters. The van der Waals surface area contributed by atoms with Crippen molar-refractivity contribution in [3.05, 3.63) is 417 Å². The van der Waals surface area contributed by atoms with E-state index in [4.69, 9.17) is 54.8 Å². The number of pyridine rings is 7. The fraction of sp³-hybridized carbons (Fsp3) is 0.0273. The van der Waals surface area contributed by atoms with Gasteiger partial charge in [0.05, 0.1) is 84.3 Å². The van der Waals surface area contributed by atoms with Crippen molar-refractivity contribution >= 4 is 76.2 Å². The van der Waals surface area contributed by atoms with E-state index in [1.807, 2.05) is 154 Å². The highest BCUT2D eigenvalue weighted by molar-refractivity contribution is 6.11. The van der Waals surface area contributed by atoms with Crippen LogP contribution in [-0.2, 0) is 0 Å². The number of aryl methyl sites for hydroxylation is 3. The van der Waals surface area contributed by atoms with Gasteiger partial charge in [0.1, 0.15) is 0 Å². The summed E-state index contributed by atoms with van der Waals surface area (Å²) in [7, 11) is 0. The fourth-order valence-electron chi connectivity index (χ4n) is 16.0. The topological polar surface area (TPSA) is 142 Å². The number of benzene rings is 13. The highest BCUT2D eigenvalue weighted by Crippen LogP contribution is 2.41. The predicted molar refractivity (Wildman–Crippen MR) is 497 cm³/mol. The third-order valence-corrected chi connectivity index (χ3v) is 22.0. The Kier molecular flexibility index (Phi) is 19.8. The highest BCUT2D eigenvalue weighted by Gasteiger charge is 2.22. The summed E-state index contributed by atoms with van der Waals surface area (Å²) in [5, 5.41) is 8.64. The summed E-state index contributed by atoms with van der Waals surface area (Å²) in [5.74, 6) is 1.36. The average molecular weight is 1550 g/mol. The summed E-state index contributed by atoms with van der Waals surface area (Å²) in [4.78, 5) is 55.8. The highest BCUT2D eigenvalue weighted by atomic mass is 14.9. The van der Waals surface area contributed by atoms with Gasteiger partial charge < -0.3 is 0 Å². The molecule has 0 unspecified atom stereocenters. The molecular weight excluding hydrogens is 1480 g/mol. The van der Waals surface area contributed by atoms with Gasteiger partial charge in [-0.2, -0.15) is 0 Å². The van der Waals surface area contributed by atoms with Crippen LogP contribution in [0.2, 0.25) is 0 Å². The van der Waals surface area contributed by atoms with Gasteiger partial charge in [-0.05, 0) is 109 Å². The number of nitrogens with zero attached hydrogens (tertiary/aromatic N) is 11. The number of aromatic nitrogens is 11. The van der Waals surface area contributed by atoms with Gasteiger partial charge in [-0.15, -0.1) is 0 Å². The van der Waals surface area contributed by atoms with E-state index in [-0.39, 0.29) is 0 Å². The second-order valence-corrected chi connectivity index (χ2v) is 30.2. The van der Waals surface area contributed by atoms with Crippen molar-refractivity contribution in [3.63, 3.8) is 0 Å². The third kappa shape index (κ3) is 15.3. The van der Waals surface area contributed by atoms with Crippen molar-refractivity contribution in [2.24, 2.45) is 0 Å². The smallest absolute Gasteiger partial charge is 0.161 e. The third-order valence-electron chi connectivity index (χ3n) is 22.0. The zero-order valence-electron chi connectivity index (χ0n) is 66.5. The van der Waals surface area contributed by atoms with Crippen molar-refractivity contribution in [3.8, 4) is 135 Å². The van der Waals surface area contributed by atoms with Gasteiger partial charge in [0.2, 0.25) is 0 Å². The van der Waals surface area contributed by atoms with Crippen LogP contribution in [0.25, 0.3) is 211 Å². The molecule has 0 saturated heterocycles. The molecule has 9 heterocycles. The average Bonchev–Trinajstić information content (AvgIpc) is 0.757. The quantitative estimate of drug-likeness (QED) is 0.108. The van der Waals surface area contributed by atoms with Gasteiger partial charge >= 0.3 is 0 Å². The van der Waals surface area contributed by atoms with E-state index >= 15 is 0 Å². The Balaban J connectivity index is 0.000000116. The van der Waals surface area contributed by atoms with Gasteiger partial charge in [0, 0.05) is 111 Å². The lowest BCUT2D eigenvalue weighted by molar-refractivity contribution is 1.17. The Morgan fingerprint density at radius 2 is 0.430 bits per heavy atom. The van der Waals surface area contributed by atoms with Gasteiger partial charge in [-0.1, -0.05) is 334 Å². The molecule has 0 aliphatic rings. The SMILES string of the molecule is Cc1cc(-c2cc(-c3ccccc3)cc(-c3ccccc3)n2)c2ccc3ccc(-c4ccc5ccccc5c4)nc3c2n1.Cc1cc(-c2cc(-c3ccccc3)nc(-c3ccccc3)n2)c2ccc3ccc(-c4ccccc4)nc3c2n1.Cc1cc(-c2nc(-c3ccccc3)cc(-c3ccccc3)n2)c2ccc3ccc(-c4ccccc4)nc3c2n1. The van der Waals surface area contributed by atoms with Crippen molar-refractivity contribution in [1.29, 1.82) is 0 Å². The molecule has 0 spiro atoms. The molecule has 13 aromatic carbocycles.